The molecule has 0 aliphatic heterocycles. The van der Waals surface area contributed by atoms with Gasteiger partial charge in [0.25, 0.3) is 0 Å². The lowest BCUT2D eigenvalue weighted by molar-refractivity contribution is -0.132. The largest absolute Gasteiger partial charge is 0.406 e. The van der Waals surface area contributed by atoms with Gasteiger partial charge in [-0.15, -0.1) is 0 Å². The van der Waals surface area contributed by atoms with E-state index in [2.05, 4.69) is 9.97 Å². The quantitative estimate of drug-likeness (QED) is 0.637. The van der Waals surface area contributed by atoms with Crippen LogP contribution in [0.2, 0.25) is 0 Å². The Morgan fingerprint density at radius 1 is 1.29 bits per heavy atom. The third-order valence-corrected chi connectivity index (χ3v) is 1.67. The van der Waals surface area contributed by atoms with Crippen molar-refractivity contribution in [2.24, 2.45) is 0 Å². The number of hydrogen-bond donors (Lipinski definition) is 0. The summed E-state index contributed by atoms with van der Waals surface area (Å²) >= 11 is 0. The molecule has 0 spiro atoms. The van der Waals surface area contributed by atoms with Gasteiger partial charge in [-0.2, -0.15) is 0 Å². The number of para-hydroxylation sites is 2. The first-order valence-electron chi connectivity index (χ1n) is 4.16. The second kappa shape index (κ2) is 3.41. The summed E-state index contributed by atoms with van der Waals surface area (Å²) in [6.07, 6.45) is 1.43. The van der Waals surface area contributed by atoms with Gasteiger partial charge in [0.05, 0.1) is 17.2 Å². The Morgan fingerprint density at radius 3 is 2.71 bits per heavy atom. The van der Waals surface area contributed by atoms with Crippen LogP contribution in [-0.2, 0) is 4.79 Å². The number of carbonyl (C=O) groups is 1. The van der Waals surface area contributed by atoms with E-state index in [0.717, 1.165) is 5.52 Å². The Labute approximate surface area is 80.6 Å². The summed E-state index contributed by atoms with van der Waals surface area (Å²) in [6.45, 7) is 1.33. The zero-order chi connectivity index (χ0) is 9.97. The van der Waals surface area contributed by atoms with Crippen LogP contribution in [0.4, 0.5) is 0 Å². The van der Waals surface area contributed by atoms with Gasteiger partial charge >= 0.3 is 5.97 Å². The van der Waals surface area contributed by atoms with E-state index in [0.29, 0.717) is 5.52 Å². The van der Waals surface area contributed by atoms with Gasteiger partial charge in [-0.25, -0.2) is 9.97 Å². The molecule has 0 bridgehead atoms. The minimum Gasteiger partial charge on any atom is -0.406 e. The van der Waals surface area contributed by atoms with Crippen molar-refractivity contribution < 1.29 is 9.53 Å². The first kappa shape index (κ1) is 8.62. The Hall–Kier alpha value is -1.97. The smallest absolute Gasteiger partial charge is 0.309 e. The highest BCUT2D eigenvalue weighted by molar-refractivity contribution is 5.75. The number of ether oxygens (including phenoxy) is 1. The maximum atomic E-state index is 10.7. The molecule has 14 heavy (non-hydrogen) atoms. The molecule has 70 valence electrons. The second-order valence-corrected chi connectivity index (χ2v) is 2.79. The lowest BCUT2D eigenvalue weighted by Crippen LogP contribution is -2.03. The molecule has 0 aliphatic carbocycles. The van der Waals surface area contributed by atoms with E-state index in [4.69, 9.17) is 4.74 Å². The highest BCUT2D eigenvalue weighted by Crippen LogP contribution is 2.12. The highest BCUT2D eigenvalue weighted by atomic mass is 16.5. The summed E-state index contributed by atoms with van der Waals surface area (Å²) in [4.78, 5) is 18.9. The standard InChI is InChI=1S/C10H8N2O2/c1-7(13)14-10-6-11-8-4-2-3-5-9(8)12-10/h2-6H,1H3. The number of esters is 1. The average Bonchev–Trinajstić information content (AvgIpc) is 2.17. The van der Waals surface area contributed by atoms with Crippen molar-refractivity contribution in [2.45, 2.75) is 6.92 Å². The molecule has 1 aromatic heterocycles. The Bertz CT molecular complexity index is 482. The van der Waals surface area contributed by atoms with Gasteiger partial charge in [-0.3, -0.25) is 4.79 Å². The van der Waals surface area contributed by atoms with E-state index in [1.54, 1.807) is 0 Å². The molecular formula is C10H8N2O2. The van der Waals surface area contributed by atoms with Crippen LogP contribution in [0.5, 0.6) is 5.88 Å². The summed E-state index contributed by atoms with van der Waals surface area (Å²) in [5, 5.41) is 0. The minimum absolute atomic E-state index is 0.233. The fourth-order valence-corrected chi connectivity index (χ4v) is 1.14. The van der Waals surface area contributed by atoms with Crippen molar-refractivity contribution >= 4 is 17.0 Å². The molecule has 4 nitrogen and oxygen atoms in total. The van der Waals surface area contributed by atoms with Crippen molar-refractivity contribution in [1.82, 2.24) is 9.97 Å². The topological polar surface area (TPSA) is 52.1 Å². The van der Waals surface area contributed by atoms with E-state index in [9.17, 15) is 4.79 Å². The molecule has 0 fully saturated rings. The molecule has 1 heterocycles. The molecule has 4 heteroatoms. The van der Waals surface area contributed by atoms with E-state index in [1.165, 1.54) is 13.1 Å². The first-order chi connectivity index (χ1) is 6.75. The van der Waals surface area contributed by atoms with Gasteiger partial charge in [0.1, 0.15) is 0 Å². The molecule has 0 amide bonds. The predicted octanol–water partition coefficient (Wildman–Crippen LogP) is 1.56. The molecule has 2 rings (SSSR count). The van der Waals surface area contributed by atoms with E-state index < -0.39 is 5.97 Å². The van der Waals surface area contributed by atoms with Crippen LogP contribution in [0.15, 0.2) is 30.5 Å². The molecule has 1 aromatic carbocycles. The summed E-state index contributed by atoms with van der Waals surface area (Å²) in [5.74, 6) is -0.161. The van der Waals surface area contributed by atoms with Crippen LogP contribution in [0.3, 0.4) is 0 Å². The van der Waals surface area contributed by atoms with E-state index in [1.807, 2.05) is 24.3 Å². The van der Waals surface area contributed by atoms with Gasteiger partial charge in [0.15, 0.2) is 0 Å². The van der Waals surface area contributed by atoms with Crippen molar-refractivity contribution in [3.05, 3.63) is 30.5 Å². The van der Waals surface area contributed by atoms with Crippen LogP contribution in [-0.4, -0.2) is 15.9 Å². The monoisotopic (exact) mass is 188 g/mol. The molecule has 0 radical (unpaired) electrons. The van der Waals surface area contributed by atoms with Gasteiger partial charge in [0.2, 0.25) is 5.88 Å². The molecule has 0 atom stereocenters. The second-order valence-electron chi connectivity index (χ2n) is 2.79. The van der Waals surface area contributed by atoms with E-state index in [-0.39, 0.29) is 5.88 Å². The SMILES string of the molecule is CC(=O)Oc1cnc2ccccc2n1. The molecular weight excluding hydrogens is 180 g/mol. The van der Waals surface area contributed by atoms with Crippen LogP contribution >= 0.6 is 0 Å². The molecule has 0 saturated heterocycles. The molecule has 0 aliphatic rings. The first-order valence-corrected chi connectivity index (χ1v) is 4.16. The van der Waals surface area contributed by atoms with Crippen molar-refractivity contribution in [3.8, 4) is 5.88 Å². The number of fused-ring (bicyclic) bond motifs is 1. The van der Waals surface area contributed by atoms with Gasteiger partial charge in [-0.05, 0) is 12.1 Å². The van der Waals surface area contributed by atoms with E-state index >= 15 is 0 Å². The third kappa shape index (κ3) is 1.69. The Kier molecular flexibility index (Phi) is 2.10. The highest BCUT2D eigenvalue weighted by Gasteiger charge is 2.01. The number of nitrogens with zero attached hydrogens (tertiary/aromatic N) is 2. The molecule has 0 saturated carbocycles. The summed E-state index contributed by atoms with van der Waals surface area (Å²) in [7, 11) is 0. The number of benzene rings is 1. The average molecular weight is 188 g/mol. The number of aromatic nitrogens is 2. The lowest BCUT2D eigenvalue weighted by Gasteiger charge is -2.00. The summed E-state index contributed by atoms with van der Waals surface area (Å²) < 4.78 is 4.81. The number of carbonyl (C=O) groups excluding carboxylic acids is 1. The zero-order valence-electron chi connectivity index (χ0n) is 7.60. The normalized spacial score (nSPS) is 10.1. The fourth-order valence-electron chi connectivity index (χ4n) is 1.14. The van der Waals surface area contributed by atoms with Gasteiger partial charge in [-0.1, -0.05) is 12.1 Å². The van der Waals surface area contributed by atoms with Crippen molar-refractivity contribution in [2.75, 3.05) is 0 Å². The Balaban J connectivity index is 2.46. The Morgan fingerprint density at radius 2 is 2.00 bits per heavy atom. The molecule has 2 aromatic rings. The minimum atomic E-state index is -0.394. The van der Waals surface area contributed by atoms with Crippen LogP contribution in [0.25, 0.3) is 11.0 Å². The lowest BCUT2D eigenvalue weighted by atomic mass is 10.3. The number of rotatable bonds is 1. The zero-order valence-corrected chi connectivity index (χ0v) is 7.60. The van der Waals surface area contributed by atoms with Gasteiger partial charge in [0, 0.05) is 6.92 Å². The maximum absolute atomic E-state index is 10.7. The maximum Gasteiger partial charge on any atom is 0.309 e. The van der Waals surface area contributed by atoms with Crippen LogP contribution in [0.1, 0.15) is 6.92 Å². The van der Waals surface area contributed by atoms with Gasteiger partial charge < -0.3 is 4.74 Å². The van der Waals surface area contributed by atoms with Crippen LogP contribution in [0, 0.1) is 0 Å². The molecule has 0 N–H and O–H groups in total. The van der Waals surface area contributed by atoms with Crippen molar-refractivity contribution in [1.29, 1.82) is 0 Å². The third-order valence-electron chi connectivity index (χ3n) is 1.67. The van der Waals surface area contributed by atoms with Crippen LogP contribution < -0.4 is 4.74 Å². The number of hydrogen-bond acceptors (Lipinski definition) is 4. The van der Waals surface area contributed by atoms with Crippen molar-refractivity contribution in [3.63, 3.8) is 0 Å². The summed E-state index contributed by atoms with van der Waals surface area (Å²) in [6, 6.07) is 7.40. The fraction of sp³-hybridized carbons (Fsp3) is 0.100. The molecule has 0 unspecified atom stereocenters. The predicted molar refractivity (Wildman–Crippen MR) is 50.8 cm³/mol. The summed E-state index contributed by atoms with van der Waals surface area (Å²) in [5.41, 5.74) is 1.50.